The smallest absolute Gasteiger partial charge is 0.269 e. The number of hydrogen-bond acceptors (Lipinski definition) is 6. The van der Waals surface area contributed by atoms with Crippen LogP contribution in [0.4, 0.5) is 0 Å². The van der Waals surface area contributed by atoms with Gasteiger partial charge in [0.1, 0.15) is 28.6 Å². The number of carbonyl (C=O) groups is 1. The van der Waals surface area contributed by atoms with Gasteiger partial charge in [0.15, 0.2) is 0 Å². The van der Waals surface area contributed by atoms with E-state index in [0.29, 0.717) is 31.0 Å². The lowest BCUT2D eigenvalue weighted by atomic mass is 9.87. The van der Waals surface area contributed by atoms with Crippen molar-refractivity contribution in [3.8, 4) is 17.7 Å². The van der Waals surface area contributed by atoms with Gasteiger partial charge in [-0.05, 0) is 61.6 Å². The highest BCUT2D eigenvalue weighted by molar-refractivity contribution is 6.01. The maximum atomic E-state index is 13.3. The van der Waals surface area contributed by atoms with Crippen molar-refractivity contribution in [2.75, 3.05) is 13.2 Å². The number of pyridine rings is 1. The van der Waals surface area contributed by atoms with Crippen molar-refractivity contribution >= 4 is 17.6 Å². The van der Waals surface area contributed by atoms with Gasteiger partial charge in [0.2, 0.25) is 5.88 Å². The maximum absolute atomic E-state index is 13.3. The molecule has 36 heavy (non-hydrogen) atoms. The number of hydrogen-bond donors (Lipinski definition) is 1. The van der Waals surface area contributed by atoms with Crippen molar-refractivity contribution in [3.63, 3.8) is 0 Å². The highest BCUT2D eigenvalue weighted by atomic mass is 16.5. The van der Waals surface area contributed by atoms with Crippen LogP contribution in [0.15, 0.2) is 59.0 Å². The summed E-state index contributed by atoms with van der Waals surface area (Å²) in [5, 5.41) is 12.3. The van der Waals surface area contributed by atoms with E-state index in [0.717, 1.165) is 5.56 Å². The zero-order valence-corrected chi connectivity index (χ0v) is 21.4. The molecule has 0 saturated heterocycles. The number of fused-ring (bicyclic) bond motifs is 1. The summed E-state index contributed by atoms with van der Waals surface area (Å²) in [4.78, 5) is 30.4. The predicted molar refractivity (Wildman–Crippen MR) is 139 cm³/mol. The van der Waals surface area contributed by atoms with Crippen LogP contribution in [-0.2, 0) is 14.9 Å². The molecule has 1 aromatic carbocycles. The van der Waals surface area contributed by atoms with E-state index in [1.807, 2.05) is 32.0 Å². The topological polar surface area (TPSA) is 106 Å². The summed E-state index contributed by atoms with van der Waals surface area (Å²) < 4.78 is 12.8. The van der Waals surface area contributed by atoms with Crippen molar-refractivity contribution in [1.29, 1.82) is 5.26 Å². The van der Waals surface area contributed by atoms with Gasteiger partial charge >= 0.3 is 0 Å². The number of nitriles is 1. The van der Waals surface area contributed by atoms with Crippen LogP contribution in [0.5, 0.6) is 11.6 Å². The molecule has 188 valence electrons. The molecule has 0 bridgehead atoms. The zero-order valence-electron chi connectivity index (χ0n) is 21.4. The van der Waals surface area contributed by atoms with Crippen LogP contribution in [0, 0.1) is 11.3 Å². The first kappa shape index (κ1) is 26.6. The van der Waals surface area contributed by atoms with Crippen LogP contribution >= 0.6 is 0 Å². The molecule has 0 atom stereocenters. The van der Waals surface area contributed by atoms with E-state index in [9.17, 15) is 14.9 Å². The first-order valence-electron chi connectivity index (χ1n) is 11.9. The Morgan fingerprint density at radius 3 is 2.56 bits per heavy atom. The molecular weight excluding hydrogens is 456 g/mol. The average molecular weight is 489 g/mol. The quantitative estimate of drug-likeness (QED) is 0.268. The van der Waals surface area contributed by atoms with Gasteiger partial charge in [-0.3, -0.25) is 14.0 Å². The predicted octanol–water partition coefficient (Wildman–Crippen LogP) is 4.62. The Labute approximate surface area is 211 Å². The molecule has 0 fully saturated rings. The summed E-state index contributed by atoms with van der Waals surface area (Å²) in [6.07, 6.45) is 3.51. The van der Waals surface area contributed by atoms with E-state index < -0.39 is 11.5 Å². The molecule has 1 N–H and O–H groups in total. The number of ether oxygens (including phenoxy) is 2. The van der Waals surface area contributed by atoms with E-state index >= 15 is 0 Å². The highest BCUT2D eigenvalue weighted by Crippen LogP contribution is 2.28. The molecular formula is C28H32N4O4. The lowest BCUT2D eigenvalue weighted by Crippen LogP contribution is -2.27. The third-order valence-corrected chi connectivity index (χ3v) is 5.38. The minimum atomic E-state index is -0.583. The lowest BCUT2D eigenvalue weighted by molar-refractivity contribution is -0.117. The fourth-order valence-corrected chi connectivity index (χ4v) is 3.40. The first-order valence-corrected chi connectivity index (χ1v) is 11.9. The summed E-state index contributed by atoms with van der Waals surface area (Å²) in [6, 6.07) is 14.5. The number of nitrogens with one attached hydrogen (secondary N) is 1. The largest absolute Gasteiger partial charge is 0.438 e. The Hall–Kier alpha value is -3.96. The van der Waals surface area contributed by atoms with Gasteiger partial charge in [-0.25, -0.2) is 0 Å². The Morgan fingerprint density at radius 2 is 1.92 bits per heavy atom. The van der Waals surface area contributed by atoms with E-state index in [4.69, 9.17) is 9.47 Å². The van der Waals surface area contributed by atoms with Gasteiger partial charge in [-0.1, -0.05) is 39.0 Å². The molecule has 1 amide bonds. The Morgan fingerprint density at radius 1 is 1.19 bits per heavy atom. The summed E-state index contributed by atoms with van der Waals surface area (Å²) >= 11 is 0. The first-order chi connectivity index (χ1) is 17.1. The maximum Gasteiger partial charge on any atom is 0.269 e. The minimum absolute atomic E-state index is 0.00781. The molecule has 3 rings (SSSR count). The third kappa shape index (κ3) is 6.80. The molecule has 2 aromatic heterocycles. The zero-order chi connectivity index (χ0) is 26.3. The Kier molecular flexibility index (Phi) is 8.62. The molecule has 0 aliphatic carbocycles. The van der Waals surface area contributed by atoms with Crippen molar-refractivity contribution in [2.45, 2.75) is 52.6 Å². The number of aromatic nitrogens is 2. The van der Waals surface area contributed by atoms with Crippen molar-refractivity contribution in [1.82, 2.24) is 14.7 Å². The van der Waals surface area contributed by atoms with Gasteiger partial charge in [-0.2, -0.15) is 10.2 Å². The molecule has 8 nitrogen and oxygen atoms in total. The second-order valence-electron chi connectivity index (χ2n) is 9.64. The van der Waals surface area contributed by atoms with Crippen LogP contribution in [0.1, 0.15) is 52.2 Å². The van der Waals surface area contributed by atoms with Crippen LogP contribution in [0.2, 0.25) is 0 Å². The van der Waals surface area contributed by atoms with Crippen LogP contribution in [0.3, 0.4) is 0 Å². The van der Waals surface area contributed by atoms with Crippen LogP contribution < -0.4 is 15.6 Å². The van der Waals surface area contributed by atoms with Gasteiger partial charge in [0.25, 0.3) is 11.5 Å². The number of benzene rings is 1. The van der Waals surface area contributed by atoms with E-state index in [2.05, 4.69) is 31.1 Å². The van der Waals surface area contributed by atoms with Crippen molar-refractivity contribution in [2.24, 2.45) is 0 Å². The number of nitrogens with zero attached hydrogens (tertiary/aromatic N) is 3. The molecule has 8 heteroatoms. The number of carbonyl (C=O) groups excluding carboxylic acids is 1. The number of rotatable bonds is 9. The Bertz CT molecular complexity index is 1340. The van der Waals surface area contributed by atoms with Gasteiger partial charge in [-0.15, -0.1) is 0 Å². The standard InChI is InChI=1S/C28H32N4O4/c1-19(2)35-16-8-14-30-25(33)20(18-29)17-23-26(31-24-9-6-7-15-32(24)27(23)34)36-22-12-10-21(11-13-22)28(3,4)5/h6-7,9-13,15,17,19H,8,14,16H2,1-5H3,(H,30,33)/b20-17+. The van der Waals surface area contributed by atoms with Gasteiger partial charge in [0.05, 0.1) is 6.10 Å². The monoisotopic (exact) mass is 488 g/mol. The molecule has 0 saturated carbocycles. The molecule has 0 aliphatic rings. The van der Waals surface area contributed by atoms with E-state index in [1.54, 1.807) is 36.5 Å². The average Bonchev–Trinajstić information content (AvgIpc) is 2.83. The molecule has 2 heterocycles. The molecule has 0 unspecified atom stereocenters. The summed E-state index contributed by atoms with van der Waals surface area (Å²) in [7, 11) is 0. The van der Waals surface area contributed by atoms with Crippen molar-refractivity contribution in [3.05, 3.63) is 75.7 Å². The normalized spacial score (nSPS) is 12.0. The van der Waals surface area contributed by atoms with Gasteiger partial charge < -0.3 is 14.8 Å². The summed E-state index contributed by atoms with van der Waals surface area (Å²) in [5.74, 6) is -0.0846. The highest BCUT2D eigenvalue weighted by Gasteiger charge is 2.18. The molecule has 0 spiro atoms. The second kappa shape index (κ2) is 11.6. The van der Waals surface area contributed by atoms with Crippen molar-refractivity contribution < 1.29 is 14.3 Å². The lowest BCUT2D eigenvalue weighted by Gasteiger charge is -2.19. The molecule has 3 aromatic rings. The summed E-state index contributed by atoms with van der Waals surface area (Å²) in [5.41, 5.74) is 0.823. The summed E-state index contributed by atoms with van der Waals surface area (Å²) in [6.45, 7) is 11.0. The minimum Gasteiger partial charge on any atom is -0.438 e. The SMILES string of the molecule is CC(C)OCCCNC(=O)/C(C#N)=C/c1c(Oc2ccc(C(C)(C)C)cc2)nc2ccccn2c1=O. The number of amides is 1. The van der Waals surface area contributed by atoms with Crippen LogP contribution in [0.25, 0.3) is 11.7 Å². The second-order valence-corrected chi connectivity index (χ2v) is 9.64. The van der Waals surface area contributed by atoms with E-state index in [1.165, 1.54) is 10.5 Å². The third-order valence-electron chi connectivity index (χ3n) is 5.38. The van der Waals surface area contributed by atoms with Crippen LogP contribution in [-0.4, -0.2) is 34.5 Å². The fraction of sp³-hybridized carbons (Fsp3) is 0.357. The van der Waals surface area contributed by atoms with Gasteiger partial charge in [0, 0.05) is 19.3 Å². The fourth-order valence-electron chi connectivity index (χ4n) is 3.40. The molecule has 0 radical (unpaired) electrons. The molecule has 0 aliphatic heterocycles. The Balaban J connectivity index is 1.94. The van der Waals surface area contributed by atoms with E-state index in [-0.39, 0.29) is 28.5 Å².